The van der Waals surface area contributed by atoms with Crippen LogP contribution in [0.1, 0.15) is 39.0 Å². The topological polar surface area (TPSA) is 21.7 Å². The molecular weight excluding hydrogens is 190 g/mol. The van der Waals surface area contributed by atoms with Gasteiger partial charge in [-0.1, -0.05) is 0 Å². The van der Waals surface area contributed by atoms with E-state index < -0.39 is 0 Å². The Kier molecular flexibility index (Phi) is 2.49. The fourth-order valence-electron chi connectivity index (χ4n) is 3.24. The molecule has 2 heterocycles. The van der Waals surface area contributed by atoms with Gasteiger partial charge in [0.25, 0.3) is 0 Å². The normalized spacial score (nSPS) is 37.0. The Hall–Kier alpha value is -0.120. The average Bonchev–Trinajstić information content (AvgIpc) is 2.68. The molecule has 0 N–H and O–H groups in total. The highest BCUT2D eigenvalue weighted by molar-refractivity contribution is 4.91. The van der Waals surface area contributed by atoms with Gasteiger partial charge in [-0.3, -0.25) is 4.90 Å². The Morgan fingerprint density at radius 3 is 2.20 bits per heavy atom. The van der Waals surface area contributed by atoms with Gasteiger partial charge in [0.15, 0.2) is 5.79 Å². The zero-order valence-electron chi connectivity index (χ0n) is 9.58. The summed E-state index contributed by atoms with van der Waals surface area (Å²) in [6, 6.07) is 1.61. The number of rotatable bonds is 1. The van der Waals surface area contributed by atoms with E-state index in [4.69, 9.17) is 9.47 Å². The summed E-state index contributed by atoms with van der Waals surface area (Å²) in [5.74, 6) is -0.176. The summed E-state index contributed by atoms with van der Waals surface area (Å²) in [5.41, 5.74) is 0. The van der Waals surface area contributed by atoms with Gasteiger partial charge in [0.2, 0.25) is 0 Å². The molecule has 2 aliphatic heterocycles. The van der Waals surface area contributed by atoms with Crippen LogP contribution in [0.5, 0.6) is 0 Å². The third-order valence-electron chi connectivity index (χ3n) is 4.37. The Bertz CT molecular complexity index is 228. The lowest BCUT2D eigenvalue weighted by Gasteiger charge is -2.48. The van der Waals surface area contributed by atoms with Crippen LogP contribution < -0.4 is 0 Å². The molecule has 3 nitrogen and oxygen atoms in total. The molecule has 0 aromatic carbocycles. The number of ether oxygens (including phenoxy) is 2. The molecule has 0 bridgehead atoms. The van der Waals surface area contributed by atoms with Crippen molar-refractivity contribution in [1.29, 1.82) is 0 Å². The van der Waals surface area contributed by atoms with Crippen LogP contribution in [0.25, 0.3) is 0 Å². The SMILES string of the molecule is CC1CCN1C1CCC2(CC1)OCCO2. The predicted octanol–water partition coefficient (Wildman–Crippen LogP) is 1.77. The highest BCUT2D eigenvalue weighted by Crippen LogP contribution is 2.39. The zero-order chi connectivity index (χ0) is 10.3. The molecule has 3 fully saturated rings. The fourth-order valence-corrected chi connectivity index (χ4v) is 3.24. The van der Waals surface area contributed by atoms with E-state index in [1.807, 2.05) is 0 Å². The van der Waals surface area contributed by atoms with Crippen LogP contribution >= 0.6 is 0 Å². The fraction of sp³-hybridized carbons (Fsp3) is 1.00. The number of likely N-dealkylation sites (tertiary alicyclic amines) is 1. The van der Waals surface area contributed by atoms with Crippen molar-refractivity contribution in [1.82, 2.24) is 4.90 Å². The molecule has 15 heavy (non-hydrogen) atoms. The van der Waals surface area contributed by atoms with Gasteiger partial charge in [-0.2, -0.15) is 0 Å². The molecule has 1 spiro atoms. The van der Waals surface area contributed by atoms with Crippen LogP contribution in [0.3, 0.4) is 0 Å². The smallest absolute Gasteiger partial charge is 0.168 e. The Morgan fingerprint density at radius 2 is 1.73 bits per heavy atom. The summed E-state index contributed by atoms with van der Waals surface area (Å²) in [7, 11) is 0. The van der Waals surface area contributed by atoms with Crippen molar-refractivity contribution in [2.24, 2.45) is 0 Å². The van der Waals surface area contributed by atoms with Gasteiger partial charge < -0.3 is 9.47 Å². The summed E-state index contributed by atoms with van der Waals surface area (Å²) in [6.07, 6.45) is 6.09. The summed E-state index contributed by atoms with van der Waals surface area (Å²) in [6.45, 7) is 5.24. The van der Waals surface area contributed by atoms with E-state index in [-0.39, 0.29) is 5.79 Å². The molecule has 3 heteroatoms. The highest BCUT2D eigenvalue weighted by Gasteiger charge is 2.43. The summed E-state index contributed by atoms with van der Waals surface area (Å²) >= 11 is 0. The van der Waals surface area contributed by atoms with Gasteiger partial charge in [0.05, 0.1) is 13.2 Å². The van der Waals surface area contributed by atoms with E-state index in [0.717, 1.165) is 38.1 Å². The largest absolute Gasteiger partial charge is 0.348 e. The molecule has 3 aliphatic rings. The van der Waals surface area contributed by atoms with E-state index in [1.165, 1.54) is 25.8 Å². The van der Waals surface area contributed by atoms with Crippen molar-refractivity contribution in [2.45, 2.75) is 56.9 Å². The minimum Gasteiger partial charge on any atom is -0.348 e. The van der Waals surface area contributed by atoms with Gasteiger partial charge in [-0.05, 0) is 26.2 Å². The molecule has 1 atom stereocenters. The second-order valence-electron chi connectivity index (χ2n) is 5.21. The van der Waals surface area contributed by atoms with Crippen molar-refractivity contribution in [3.63, 3.8) is 0 Å². The van der Waals surface area contributed by atoms with Crippen LogP contribution in [-0.2, 0) is 9.47 Å². The number of nitrogens with zero attached hydrogens (tertiary/aromatic N) is 1. The number of hydrogen-bond acceptors (Lipinski definition) is 3. The van der Waals surface area contributed by atoms with E-state index in [0.29, 0.717) is 0 Å². The zero-order valence-corrected chi connectivity index (χ0v) is 9.58. The van der Waals surface area contributed by atoms with E-state index >= 15 is 0 Å². The first-order chi connectivity index (χ1) is 7.29. The van der Waals surface area contributed by atoms with Crippen LogP contribution in [0.4, 0.5) is 0 Å². The van der Waals surface area contributed by atoms with E-state index in [2.05, 4.69) is 11.8 Å². The quantitative estimate of drug-likeness (QED) is 0.660. The first-order valence-corrected chi connectivity index (χ1v) is 6.33. The molecular formula is C12H21NO2. The van der Waals surface area contributed by atoms with Crippen LogP contribution in [0, 0.1) is 0 Å². The standard InChI is InChI=1S/C12H21NO2/c1-10-4-7-13(10)11-2-5-12(6-3-11)14-8-9-15-12/h10-11H,2-9H2,1H3. The maximum Gasteiger partial charge on any atom is 0.168 e. The lowest BCUT2D eigenvalue weighted by Crippen LogP contribution is -2.54. The van der Waals surface area contributed by atoms with E-state index in [9.17, 15) is 0 Å². The molecule has 1 saturated carbocycles. The van der Waals surface area contributed by atoms with Crippen molar-refractivity contribution >= 4 is 0 Å². The van der Waals surface area contributed by atoms with Gasteiger partial charge in [0.1, 0.15) is 0 Å². The lowest BCUT2D eigenvalue weighted by molar-refractivity contribution is -0.187. The second kappa shape index (κ2) is 3.72. The summed E-state index contributed by atoms with van der Waals surface area (Å²) < 4.78 is 11.5. The molecule has 3 rings (SSSR count). The minimum absolute atomic E-state index is 0.176. The monoisotopic (exact) mass is 211 g/mol. The minimum atomic E-state index is -0.176. The Morgan fingerprint density at radius 1 is 1.07 bits per heavy atom. The Balaban J connectivity index is 1.56. The lowest BCUT2D eigenvalue weighted by atomic mass is 9.86. The maximum absolute atomic E-state index is 5.75. The van der Waals surface area contributed by atoms with Crippen molar-refractivity contribution in [2.75, 3.05) is 19.8 Å². The highest BCUT2D eigenvalue weighted by atomic mass is 16.7. The third kappa shape index (κ3) is 1.71. The van der Waals surface area contributed by atoms with Gasteiger partial charge in [-0.15, -0.1) is 0 Å². The van der Waals surface area contributed by atoms with Crippen molar-refractivity contribution in [3.8, 4) is 0 Å². The summed E-state index contributed by atoms with van der Waals surface area (Å²) in [5, 5.41) is 0. The molecule has 0 aromatic rings. The van der Waals surface area contributed by atoms with Crippen LogP contribution in [0.15, 0.2) is 0 Å². The molecule has 1 aliphatic carbocycles. The molecule has 0 radical (unpaired) electrons. The average molecular weight is 211 g/mol. The first-order valence-electron chi connectivity index (χ1n) is 6.33. The third-order valence-corrected chi connectivity index (χ3v) is 4.37. The molecule has 1 unspecified atom stereocenters. The maximum atomic E-state index is 5.75. The Labute approximate surface area is 91.7 Å². The molecule has 0 amide bonds. The molecule has 2 saturated heterocycles. The van der Waals surface area contributed by atoms with Gasteiger partial charge >= 0.3 is 0 Å². The predicted molar refractivity (Wildman–Crippen MR) is 57.7 cm³/mol. The van der Waals surface area contributed by atoms with Crippen LogP contribution in [0.2, 0.25) is 0 Å². The van der Waals surface area contributed by atoms with Crippen molar-refractivity contribution < 1.29 is 9.47 Å². The van der Waals surface area contributed by atoms with E-state index in [1.54, 1.807) is 0 Å². The van der Waals surface area contributed by atoms with Crippen molar-refractivity contribution in [3.05, 3.63) is 0 Å². The van der Waals surface area contributed by atoms with Gasteiger partial charge in [-0.25, -0.2) is 0 Å². The second-order valence-corrected chi connectivity index (χ2v) is 5.21. The molecule has 86 valence electrons. The summed E-state index contributed by atoms with van der Waals surface area (Å²) in [4.78, 5) is 2.65. The number of hydrogen-bond donors (Lipinski definition) is 0. The molecule has 0 aromatic heterocycles. The van der Waals surface area contributed by atoms with Gasteiger partial charge in [0, 0.05) is 31.5 Å². The van der Waals surface area contributed by atoms with Crippen LogP contribution in [-0.4, -0.2) is 42.5 Å². The first kappa shape index (κ1) is 10.1.